The van der Waals surface area contributed by atoms with Gasteiger partial charge >= 0.3 is 0 Å². The van der Waals surface area contributed by atoms with Crippen LogP contribution in [0, 0.1) is 0 Å². The summed E-state index contributed by atoms with van der Waals surface area (Å²) in [5, 5.41) is 0. The molecule has 0 heterocycles. The quantitative estimate of drug-likeness (QED) is 0.152. The average Bonchev–Trinajstić information content (AvgIpc) is 2.42. The Kier molecular flexibility index (Phi) is 11.8. The fraction of sp³-hybridized carbons (Fsp3) is 0.750. The zero-order valence-corrected chi connectivity index (χ0v) is 16.4. The zero-order valence-electron chi connectivity index (χ0n) is 15.4. The first kappa shape index (κ1) is 20.5. The van der Waals surface area contributed by atoms with Gasteiger partial charge in [-0.2, -0.15) is 0 Å². The minimum atomic E-state index is -1.14. The highest BCUT2D eigenvalue weighted by Crippen LogP contribution is 2.21. The number of hydrogen-bond donors (Lipinski definition) is 0. The van der Waals surface area contributed by atoms with Gasteiger partial charge < -0.3 is 0 Å². The highest BCUT2D eigenvalue weighted by molar-refractivity contribution is 6.81. The van der Waals surface area contributed by atoms with Gasteiger partial charge in [-0.3, -0.25) is 0 Å². The van der Waals surface area contributed by atoms with Gasteiger partial charge in [0.15, 0.2) is 0 Å². The lowest BCUT2D eigenvalue weighted by Crippen LogP contribution is -2.17. The molecule has 0 spiro atoms. The first-order valence-electron chi connectivity index (χ1n) is 8.99. The van der Waals surface area contributed by atoms with E-state index >= 15 is 0 Å². The standard InChI is InChI=1S/C20H38Si/c1-7-9-10-11-12-13-14-15-16-17-20(19(3)8-2)18-21(4,5)6/h18H,2,7,9-17H2,1,3-6H3/b20-18+. The normalized spacial score (nSPS) is 12.3. The van der Waals surface area contributed by atoms with Crippen LogP contribution in [0.5, 0.6) is 0 Å². The van der Waals surface area contributed by atoms with Crippen molar-refractivity contribution in [1.82, 2.24) is 0 Å². The van der Waals surface area contributed by atoms with Gasteiger partial charge in [-0.1, -0.05) is 90.2 Å². The zero-order chi connectivity index (χ0) is 16.1. The Morgan fingerprint density at radius 3 is 1.81 bits per heavy atom. The highest BCUT2D eigenvalue weighted by Gasteiger charge is 2.11. The van der Waals surface area contributed by atoms with Crippen molar-refractivity contribution in [3.8, 4) is 0 Å². The van der Waals surface area contributed by atoms with E-state index in [1.165, 1.54) is 75.4 Å². The van der Waals surface area contributed by atoms with Crippen molar-refractivity contribution in [2.24, 2.45) is 0 Å². The molecule has 0 aliphatic rings. The Morgan fingerprint density at radius 1 is 0.905 bits per heavy atom. The molecular formula is C20H38Si. The summed E-state index contributed by atoms with van der Waals surface area (Å²) in [6.45, 7) is 15.5. The van der Waals surface area contributed by atoms with Crippen molar-refractivity contribution in [2.75, 3.05) is 0 Å². The molecule has 0 N–H and O–H groups in total. The van der Waals surface area contributed by atoms with Crippen LogP contribution < -0.4 is 0 Å². The second-order valence-corrected chi connectivity index (χ2v) is 12.4. The van der Waals surface area contributed by atoms with Crippen molar-refractivity contribution >= 4 is 8.07 Å². The van der Waals surface area contributed by atoms with Crippen LogP contribution in [0.4, 0.5) is 0 Å². The first-order chi connectivity index (χ1) is 9.90. The van der Waals surface area contributed by atoms with E-state index < -0.39 is 8.07 Å². The summed E-state index contributed by atoms with van der Waals surface area (Å²) < 4.78 is 0. The molecule has 1 heteroatoms. The van der Waals surface area contributed by atoms with Gasteiger partial charge in [-0.15, -0.1) is 5.73 Å². The fourth-order valence-electron chi connectivity index (χ4n) is 2.63. The molecule has 122 valence electrons. The maximum absolute atomic E-state index is 3.82. The van der Waals surface area contributed by atoms with Crippen molar-refractivity contribution < 1.29 is 0 Å². The molecule has 0 fully saturated rings. The van der Waals surface area contributed by atoms with Gasteiger partial charge in [0.25, 0.3) is 0 Å². The largest absolute Gasteiger partial charge is 0.125 e. The van der Waals surface area contributed by atoms with Crippen LogP contribution in [-0.4, -0.2) is 8.07 Å². The molecule has 0 saturated carbocycles. The average molecular weight is 307 g/mol. The van der Waals surface area contributed by atoms with Crippen LogP contribution in [0.1, 0.15) is 78.1 Å². The lowest BCUT2D eigenvalue weighted by molar-refractivity contribution is 0.565. The summed E-state index contributed by atoms with van der Waals surface area (Å²) >= 11 is 0. The molecule has 0 nitrogen and oxygen atoms in total. The van der Waals surface area contributed by atoms with E-state index in [1.807, 2.05) is 0 Å². The van der Waals surface area contributed by atoms with E-state index in [4.69, 9.17) is 0 Å². The molecule has 0 radical (unpaired) electrons. The monoisotopic (exact) mass is 306 g/mol. The molecule has 0 atom stereocenters. The van der Waals surface area contributed by atoms with E-state index in [9.17, 15) is 0 Å². The molecule has 21 heavy (non-hydrogen) atoms. The smallest absolute Gasteiger partial charge is 0.0691 e. The van der Waals surface area contributed by atoms with Gasteiger partial charge in [-0.25, -0.2) is 0 Å². The minimum absolute atomic E-state index is 1.14. The maximum atomic E-state index is 3.82. The van der Waals surface area contributed by atoms with Crippen molar-refractivity contribution in [2.45, 2.75) is 97.7 Å². The molecular weight excluding hydrogens is 268 g/mol. The second kappa shape index (κ2) is 12.1. The minimum Gasteiger partial charge on any atom is -0.125 e. The van der Waals surface area contributed by atoms with Crippen LogP contribution in [-0.2, 0) is 0 Å². The predicted octanol–water partition coefficient (Wildman–Crippen LogP) is 7.44. The molecule has 0 aliphatic carbocycles. The fourth-order valence-corrected chi connectivity index (χ4v) is 4.04. The number of unbranched alkanes of at least 4 members (excludes halogenated alkanes) is 8. The summed E-state index contributed by atoms with van der Waals surface area (Å²) in [4.78, 5) is 0. The van der Waals surface area contributed by atoms with Crippen LogP contribution in [0.2, 0.25) is 19.6 Å². The van der Waals surface area contributed by atoms with Crippen LogP contribution >= 0.6 is 0 Å². The van der Waals surface area contributed by atoms with Crippen LogP contribution in [0.15, 0.2) is 29.2 Å². The van der Waals surface area contributed by atoms with Crippen LogP contribution in [0.25, 0.3) is 0 Å². The van der Waals surface area contributed by atoms with Gasteiger partial charge in [0.2, 0.25) is 0 Å². The Labute approximate surface area is 135 Å². The number of rotatable bonds is 12. The molecule has 0 saturated heterocycles. The third-order valence-electron chi connectivity index (χ3n) is 3.90. The number of allylic oxidation sites excluding steroid dienone is 2. The summed E-state index contributed by atoms with van der Waals surface area (Å²) in [6.07, 6.45) is 13.8. The molecule has 0 unspecified atom stereocenters. The Morgan fingerprint density at radius 2 is 1.38 bits per heavy atom. The molecule has 0 bridgehead atoms. The molecule has 0 amide bonds. The van der Waals surface area contributed by atoms with Crippen molar-refractivity contribution in [3.63, 3.8) is 0 Å². The third kappa shape index (κ3) is 12.9. The summed E-state index contributed by atoms with van der Waals surface area (Å²) in [5.74, 6) is 0. The SMILES string of the molecule is C=C=C(C)/C(=C/[Si](C)(C)C)CCCCCCCCCCC. The molecule has 0 aromatic heterocycles. The van der Waals surface area contributed by atoms with E-state index in [1.54, 1.807) is 0 Å². The lowest BCUT2D eigenvalue weighted by Gasteiger charge is -2.14. The van der Waals surface area contributed by atoms with E-state index in [-0.39, 0.29) is 0 Å². The molecule has 0 aromatic carbocycles. The van der Waals surface area contributed by atoms with E-state index in [2.05, 4.69) is 51.5 Å². The van der Waals surface area contributed by atoms with Gasteiger partial charge in [-0.05, 0) is 30.9 Å². The summed E-state index contributed by atoms with van der Waals surface area (Å²) in [6, 6.07) is 0. The van der Waals surface area contributed by atoms with Crippen LogP contribution in [0.3, 0.4) is 0 Å². The summed E-state index contributed by atoms with van der Waals surface area (Å²) in [5.41, 5.74) is 8.39. The lowest BCUT2D eigenvalue weighted by atomic mass is 10.0. The van der Waals surface area contributed by atoms with Gasteiger partial charge in [0.1, 0.15) is 0 Å². The van der Waals surface area contributed by atoms with E-state index in [0.717, 1.165) is 0 Å². The van der Waals surface area contributed by atoms with Crippen molar-refractivity contribution in [1.29, 1.82) is 0 Å². The van der Waals surface area contributed by atoms with Gasteiger partial charge in [0.05, 0.1) is 8.07 Å². The Hall–Kier alpha value is -0.523. The first-order valence-corrected chi connectivity index (χ1v) is 12.6. The van der Waals surface area contributed by atoms with Crippen molar-refractivity contribution in [3.05, 3.63) is 29.2 Å². The molecule has 0 aromatic rings. The maximum Gasteiger partial charge on any atom is 0.0691 e. The Balaban J connectivity index is 3.91. The van der Waals surface area contributed by atoms with E-state index in [0.29, 0.717) is 0 Å². The molecule has 0 aliphatic heterocycles. The predicted molar refractivity (Wildman–Crippen MR) is 102 cm³/mol. The second-order valence-electron chi connectivity index (χ2n) is 7.42. The molecule has 0 rings (SSSR count). The van der Waals surface area contributed by atoms with Gasteiger partial charge in [0, 0.05) is 0 Å². The topological polar surface area (TPSA) is 0 Å². The highest BCUT2D eigenvalue weighted by atomic mass is 28.3. The Bertz CT molecular complexity index is 337. The third-order valence-corrected chi connectivity index (χ3v) is 5.12. The summed E-state index contributed by atoms with van der Waals surface area (Å²) in [7, 11) is -1.14. The number of hydrogen-bond acceptors (Lipinski definition) is 0.